The lowest BCUT2D eigenvalue weighted by atomic mass is 10.5. The van der Waals surface area contributed by atoms with E-state index in [4.69, 9.17) is 0 Å². The first-order chi connectivity index (χ1) is 5.04. The Hall–Kier alpha value is 0.0500. The fourth-order valence-electron chi connectivity index (χ4n) is 0.472. The lowest BCUT2D eigenvalue weighted by Gasteiger charge is -2.20. The Morgan fingerprint density at radius 2 is 1.36 bits per heavy atom. The zero-order valence-corrected chi connectivity index (χ0v) is 6.54. The van der Waals surface area contributed by atoms with Gasteiger partial charge in [-0.15, -0.1) is 0 Å². The summed E-state index contributed by atoms with van der Waals surface area (Å²) in [6, 6.07) is 0. The predicted molar refractivity (Wildman–Crippen MR) is 32.1 cm³/mol. The van der Waals surface area contributed by atoms with Gasteiger partial charge in [-0.05, 0) is 0 Å². The molecule has 0 bridgehead atoms. The van der Waals surface area contributed by atoms with Crippen molar-refractivity contribution in [3.8, 4) is 0 Å². The molecule has 2 unspecified atom stereocenters. The molecule has 1 rings (SSSR count). The van der Waals surface area contributed by atoms with Crippen molar-refractivity contribution in [1.82, 2.24) is 0 Å². The van der Waals surface area contributed by atoms with E-state index in [1.807, 2.05) is 0 Å². The Morgan fingerprint density at radius 1 is 1.00 bits per heavy atom. The van der Waals surface area contributed by atoms with Crippen molar-refractivity contribution in [2.45, 2.75) is 17.2 Å². The van der Waals surface area contributed by atoms with E-state index in [0.717, 1.165) is 0 Å². The number of hydrogen-bond acceptors (Lipinski definition) is 3. The van der Waals surface area contributed by atoms with Crippen LogP contribution in [0.2, 0.25) is 0 Å². The number of rotatable bonds is 0. The minimum Gasteiger partial charge on any atom is -0.239 e. The first kappa shape index (κ1) is 9.14. The van der Waals surface area contributed by atoms with Crippen LogP contribution in [0.15, 0.2) is 0 Å². The molecule has 1 aliphatic heterocycles. The van der Waals surface area contributed by atoms with Crippen LogP contribution in [-0.4, -0.2) is 25.6 Å². The van der Waals surface area contributed by atoms with E-state index < -0.39 is 39.3 Å². The summed E-state index contributed by atoms with van der Waals surface area (Å²) in [6.07, 6.45) is -2.63. The molecule has 8 heteroatoms. The Morgan fingerprint density at radius 3 is 1.73 bits per heavy atom. The van der Waals surface area contributed by atoms with Gasteiger partial charge in [0.25, 0.3) is 0 Å². The van der Waals surface area contributed by atoms with Gasteiger partial charge in [-0.1, -0.05) is 0 Å². The van der Waals surface area contributed by atoms with Gasteiger partial charge < -0.3 is 0 Å². The van der Waals surface area contributed by atoms with Crippen molar-refractivity contribution >= 4 is 22.2 Å². The van der Waals surface area contributed by atoms with E-state index in [0.29, 0.717) is 0 Å². The van der Waals surface area contributed by atoms with Crippen LogP contribution in [0.5, 0.6) is 0 Å². The summed E-state index contributed by atoms with van der Waals surface area (Å²) in [5.41, 5.74) is -5.11. The third kappa shape index (κ3) is 1.62. The maximum atomic E-state index is 12.3. The molecule has 2 atom stereocenters. The Kier molecular flexibility index (Phi) is 2.66. The standard InChI is InChI=1S/C3H3F3O3S2/c4-1-2(5)10(7)9-11(8)3(1)6/h1-3H. The molecule has 0 N–H and O–H groups in total. The highest BCUT2D eigenvalue weighted by atomic mass is 32.3. The van der Waals surface area contributed by atoms with Crippen LogP contribution in [0.3, 0.4) is 0 Å². The summed E-state index contributed by atoms with van der Waals surface area (Å²) in [6.45, 7) is 0. The molecule has 0 aromatic heterocycles. The third-order valence-corrected chi connectivity index (χ3v) is 3.33. The second-order valence-electron chi connectivity index (χ2n) is 1.74. The van der Waals surface area contributed by atoms with Crippen LogP contribution in [-0.2, 0) is 25.8 Å². The smallest absolute Gasteiger partial charge is 0.236 e. The second kappa shape index (κ2) is 3.20. The van der Waals surface area contributed by atoms with Gasteiger partial charge in [0.1, 0.15) is 0 Å². The molecule has 1 fully saturated rings. The number of hydrogen-bond donors (Lipinski definition) is 0. The van der Waals surface area contributed by atoms with Crippen LogP contribution >= 0.6 is 0 Å². The summed E-state index contributed by atoms with van der Waals surface area (Å²) in [4.78, 5) is 0. The van der Waals surface area contributed by atoms with Gasteiger partial charge in [-0.2, -0.15) is 3.63 Å². The zero-order chi connectivity index (χ0) is 8.59. The van der Waals surface area contributed by atoms with Gasteiger partial charge in [0.05, 0.1) is 0 Å². The Balaban J connectivity index is 2.78. The largest absolute Gasteiger partial charge is 0.239 e. The molecule has 0 saturated carbocycles. The van der Waals surface area contributed by atoms with Crippen molar-refractivity contribution in [3.63, 3.8) is 0 Å². The monoisotopic (exact) mass is 208 g/mol. The van der Waals surface area contributed by atoms with E-state index in [2.05, 4.69) is 3.63 Å². The summed E-state index contributed by atoms with van der Waals surface area (Å²) >= 11 is -5.30. The first-order valence-corrected chi connectivity index (χ1v) is 4.74. The van der Waals surface area contributed by atoms with Crippen LogP contribution in [0.4, 0.5) is 13.2 Å². The zero-order valence-electron chi connectivity index (χ0n) is 4.91. The van der Waals surface area contributed by atoms with Crippen LogP contribution in [0, 0.1) is 0 Å². The molecule has 0 aromatic rings. The van der Waals surface area contributed by atoms with Crippen molar-refractivity contribution in [1.29, 1.82) is 0 Å². The highest BCUT2D eigenvalue weighted by molar-refractivity contribution is 7.94. The quantitative estimate of drug-likeness (QED) is 0.574. The van der Waals surface area contributed by atoms with Gasteiger partial charge in [0, 0.05) is 0 Å². The van der Waals surface area contributed by atoms with Gasteiger partial charge in [-0.25, -0.2) is 21.6 Å². The molecular weight excluding hydrogens is 205 g/mol. The highest BCUT2D eigenvalue weighted by Crippen LogP contribution is 2.25. The Labute approximate surface area is 65.2 Å². The maximum absolute atomic E-state index is 12.3. The number of halogens is 3. The molecule has 1 heterocycles. The van der Waals surface area contributed by atoms with Crippen molar-refractivity contribution in [3.05, 3.63) is 0 Å². The van der Waals surface area contributed by atoms with Crippen LogP contribution in [0.25, 0.3) is 0 Å². The molecule has 0 aliphatic carbocycles. The molecule has 1 aliphatic rings. The summed E-state index contributed by atoms with van der Waals surface area (Å²) in [5.74, 6) is 0. The third-order valence-electron chi connectivity index (χ3n) is 1.00. The fourth-order valence-corrected chi connectivity index (χ4v) is 2.40. The predicted octanol–water partition coefficient (Wildman–Crippen LogP) is 0.273. The van der Waals surface area contributed by atoms with Crippen LogP contribution < -0.4 is 0 Å². The Bertz CT molecular complexity index is 190. The number of alkyl halides is 3. The summed E-state index contributed by atoms with van der Waals surface area (Å²) < 4.78 is 61.0. The average Bonchev–Trinajstić information content (AvgIpc) is 1.97. The van der Waals surface area contributed by atoms with Gasteiger partial charge in [0.15, 0.2) is 6.17 Å². The van der Waals surface area contributed by atoms with E-state index in [9.17, 15) is 21.6 Å². The molecule has 1 saturated heterocycles. The molecule has 0 spiro atoms. The van der Waals surface area contributed by atoms with Crippen molar-refractivity contribution in [2.75, 3.05) is 0 Å². The van der Waals surface area contributed by atoms with E-state index in [-0.39, 0.29) is 0 Å². The van der Waals surface area contributed by atoms with E-state index >= 15 is 0 Å². The topological polar surface area (TPSA) is 43.4 Å². The van der Waals surface area contributed by atoms with E-state index in [1.54, 1.807) is 0 Å². The SMILES string of the molecule is O=S1OS(=O)C(F)C(F)C1F. The van der Waals surface area contributed by atoms with Gasteiger partial charge in [0.2, 0.25) is 33.2 Å². The summed E-state index contributed by atoms with van der Waals surface area (Å²) in [7, 11) is 0. The normalized spacial score (nSPS) is 52.5. The van der Waals surface area contributed by atoms with E-state index in [1.165, 1.54) is 0 Å². The lowest BCUT2D eigenvalue weighted by molar-refractivity contribution is 0.151. The molecule has 0 aromatic carbocycles. The van der Waals surface area contributed by atoms with Crippen molar-refractivity contribution < 1.29 is 25.2 Å². The molecule has 66 valence electrons. The maximum Gasteiger partial charge on any atom is 0.236 e. The molecule has 0 amide bonds. The lowest BCUT2D eigenvalue weighted by Crippen LogP contribution is -2.41. The minimum absolute atomic E-state index is 2.55. The molecule has 11 heavy (non-hydrogen) atoms. The molecule has 0 radical (unpaired) electrons. The fraction of sp³-hybridized carbons (Fsp3) is 1.00. The molecule has 3 nitrogen and oxygen atoms in total. The first-order valence-electron chi connectivity index (χ1n) is 2.46. The minimum atomic E-state index is -2.65. The molecular formula is C3H3F3O3S2. The van der Waals surface area contributed by atoms with Crippen LogP contribution in [0.1, 0.15) is 0 Å². The summed E-state index contributed by atoms with van der Waals surface area (Å²) in [5, 5.41) is 0. The van der Waals surface area contributed by atoms with Gasteiger partial charge in [-0.3, -0.25) is 0 Å². The second-order valence-corrected chi connectivity index (χ2v) is 4.22. The van der Waals surface area contributed by atoms with Gasteiger partial charge >= 0.3 is 0 Å². The highest BCUT2D eigenvalue weighted by Gasteiger charge is 2.45. The average molecular weight is 208 g/mol. The van der Waals surface area contributed by atoms with Crippen molar-refractivity contribution in [2.24, 2.45) is 0 Å².